The van der Waals surface area contributed by atoms with Gasteiger partial charge in [-0.3, -0.25) is 0 Å². The van der Waals surface area contributed by atoms with Crippen molar-refractivity contribution < 1.29 is 21.9 Å². The van der Waals surface area contributed by atoms with E-state index in [0.29, 0.717) is 12.2 Å². The standard InChI is InChI=1S/C16H36O5Si4/c1-11-23(5,6)19-22(4)20-25(9,10)21-24(7,8)14-12-13-18-16(17)15(2)3/h11,22H,1-2,12-14H2,3-10H3. The Morgan fingerprint density at radius 1 is 1.12 bits per heavy atom. The lowest BCUT2D eigenvalue weighted by molar-refractivity contribution is -0.138. The van der Waals surface area contributed by atoms with Gasteiger partial charge < -0.3 is 17.1 Å². The SMILES string of the molecule is C=C[Si](C)(C)O[SiH](C)O[Si](C)(C)O[Si](C)(C)CCCOC(=O)C(=C)C. The highest BCUT2D eigenvalue weighted by Crippen LogP contribution is 2.22. The molecule has 0 aliphatic rings. The van der Waals surface area contributed by atoms with Crippen LogP contribution in [0.15, 0.2) is 24.4 Å². The second kappa shape index (κ2) is 10.1. The quantitative estimate of drug-likeness (QED) is 0.205. The Kier molecular flexibility index (Phi) is 10.0. The molecule has 0 saturated carbocycles. The number of ether oxygens (including phenoxy) is 1. The third-order valence-electron chi connectivity index (χ3n) is 3.44. The van der Waals surface area contributed by atoms with Crippen LogP contribution >= 0.6 is 0 Å². The minimum atomic E-state index is -2.25. The van der Waals surface area contributed by atoms with E-state index in [-0.39, 0.29) is 5.97 Å². The zero-order valence-electron chi connectivity index (χ0n) is 17.2. The van der Waals surface area contributed by atoms with Gasteiger partial charge >= 0.3 is 14.5 Å². The van der Waals surface area contributed by atoms with E-state index in [2.05, 4.69) is 59.0 Å². The zero-order chi connectivity index (χ0) is 19.9. The maximum Gasteiger partial charge on any atom is 0.333 e. The van der Waals surface area contributed by atoms with Gasteiger partial charge in [-0.2, -0.15) is 0 Å². The molecule has 25 heavy (non-hydrogen) atoms. The lowest BCUT2D eigenvalue weighted by Gasteiger charge is -2.36. The Balaban J connectivity index is 4.42. The molecule has 0 spiro atoms. The summed E-state index contributed by atoms with van der Waals surface area (Å²) in [7, 11) is -7.71. The number of carbonyl (C=O) groups excluding carboxylic acids is 1. The van der Waals surface area contributed by atoms with Crippen molar-refractivity contribution >= 4 is 40.4 Å². The molecule has 1 atom stereocenters. The molecule has 0 N–H and O–H groups in total. The van der Waals surface area contributed by atoms with Gasteiger partial charge in [0.15, 0.2) is 16.6 Å². The van der Waals surface area contributed by atoms with Crippen LogP contribution in [-0.2, 0) is 21.9 Å². The Hall–Kier alpha value is -0.302. The van der Waals surface area contributed by atoms with E-state index in [1.165, 1.54) is 0 Å². The molecular formula is C16H36O5Si4. The van der Waals surface area contributed by atoms with Gasteiger partial charge in [-0.25, -0.2) is 4.79 Å². The smallest absolute Gasteiger partial charge is 0.333 e. The highest BCUT2D eigenvalue weighted by molar-refractivity contribution is 6.86. The molecule has 1 unspecified atom stereocenters. The molecule has 0 amide bonds. The summed E-state index contributed by atoms with van der Waals surface area (Å²) in [5, 5.41) is 0. The first-order valence-electron chi connectivity index (χ1n) is 8.72. The second-order valence-corrected chi connectivity index (χ2v) is 22.2. The van der Waals surface area contributed by atoms with Gasteiger partial charge in [0.1, 0.15) is 0 Å². The third-order valence-corrected chi connectivity index (χ3v) is 17.5. The molecule has 0 aromatic heterocycles. The van der Waals surface area contributed by atoms with E-state index in [9.17, 15) is 4.79 Å². The zero-order valence-corrected chi connectivity index (χ0v) is 21.4. The van der Waals surface area contributed by atoms with E-state index in [0.717, 1.165) is 12.5 Å². The highest BCUT2D eigenvalue weighted by atomic mass is 28.5. The summed E-state index contributed by atoms with van der Waals surface area (Å²) in [6, 6.07) is 0.917. The minimum Gasteiger partial charge on any atom is -0.462 e. The molecule has 9 heteroatoms. The molecule has 5 nitrogen and oxygen atoms in total. The van der Waals surface area contributed by atoms with Crippen molar-refractivity contribution in [3.63, 3.8) is 0 Å². The maximum absolute atomic E-state index is 11.4. The Bertz CT molecular complexity index is 477. The maximum atomic E-state index is 11.4. The average Bonchev–Trinajstić information content (AvgIpc) is 2.40. The van der Waals surface area contributed by atoms with Crippen LogP contribution in [0.1, 0.15) is 13.3 Å². The fourth-order valence-corrected chi connectivity index (χ4v) is 17.4. The summed E-state index contributed by atoms with van der Waals surface area (Å²) in [4.78, 5) is 11.4. The highest BCUT2D eigenvalue weighted by Gasteiger charge is 2.37. The van der Waals surface area contributed by atoms with Crippen LogP contribution in [0.4, 0.5) is 0 Å². The molecule has 0 fully saturated rings. The second-order valence-electron chi connectivity index (χ2n) is 7.89. The number of esters is 1. The van der Waals surface area contributed by atoms with Gasteiger partial charge in [0.2, 0.25) is 0 Å². The van der Waals surface area contributed by atoms with Crippen molar-refractivity contribution in [2.24, 2.45) is 0 Å². The van der Waals surface area contributed by atoms with Crippen LogP contribution in [0, 0.1) is 0 Å². The van der Waals surface area contributed by atoms with Gasteiger partial charge in [0.05, 0.1) is 6.61 Å². The predicted molar refractivity (Wildman–Crippen MR) is 114 cm³/mol. The predicted octanol–water partition coefficient (Wildman–Crippen LogP) is 4.23. The third kappa shape index (κ3) is 11.8. The van der Waals surface area contributed by atoms with E-state index in [4.69, 9.17) is 17.1 Å². The monoisotopic (exact) mass is 420 g/mol. The molecule has 0 heterocycles. The Labute approximate surface area is 158 Å². The summed E-state index contributed by atoms with van der Waals surface area (Å²) >= 11 is 0. The van der Waals surface area contributed by atoms with Crippen LogP contribution in [0.2, 0.25) is 51.9 Å². The van der Waals surface area contributed by atoms with Crippen molar-refractivity contribution in [2.75, 3.05) is 6.61 Å². The molecule has 0 aliphatic heterocycles. The van der Waals surface area contributed by atoms with Gasteiger partial charge in [-0.05, 0) is 65.2 Å². The van der Waals surface area contributed by atoms with Crippen LogP contribution in [-0.4, -0.2) is 47.1 Å². The van der Waals surface area contributed by atoms with E-state index >= 15 is 0 Å². The summed E-state index contributed by atoms with van der Waals surface area (Å²) in [5.74, 6) is -0.329. The number of hydrogen-bond donors (Lipinski definition) is 0. The van der Waals surface area contributed by atoms with Gasteiger partial charge in [-0.15, -0.1) is 6.58 Å². The summed E-state index contributed by atoms with van der Waals surface area (Å²) < 4.78 is 24.0. The van der Waals surface area contributed by atoms with Gasteiger partial charge in [0.25, 0.3) is 9.28 Å². The Morgan fingerprint density at radius 3 is 2.16 bits per heavy atom. The van der Waals surface area contributed by atoms with Crippen LogP contribution in [0.25, 0.3) is 0 Å². The van der Waals surface area contributed by atoms with Gasteiger partial charge in [-0.1, -0.05) is 12.3 Å². The number of hydrogen-bond acceptors (Lipinski definition) is 5. The Morgan fingerprint density at radius 2 is 1.68 bits per heavy atom. The summed E-state index contributed by atoms with van der Waals surface area (Å²) in [6.45, 7) is 24.3. The molecule has 0 aromatic carbocycles. The normalized spacial score (nSPS) is 14.1. The molecule has 0 aromatic rings. The average molecular weight is 421 g/mol. The number of rotatable bonds is 12. The first-order chi connectivity index (χ1) is 11.2. The minimum absolute atomic E-state index is 0.329. The van der Waals surface area contributed by atoms with Crippen LogP contribution < -0.4 is 0 Å². The van der Waals surface area contributed by atoms with Crippen molar-refractivity contribution in [3.05, 3.63) is 24.4 Å². The molecule has 0 bridgehead atoms. The molecule has 146 valence electrons. The van der Waals surface area contributed by atoms with Crippen molar-refractivity contribution in [1.82, 2.24) is 0 Å². The van der Waals surface area contributed by atoms with E-state index < -0.39 is 34.5 Å². The number of carbonyl (C=O) groups is 1. The van der Waals surface area contributed by atoms with E-state index in [1.807, 2.05) is 5.70 Å². The lowest BCUT2D eigenvalue weighted by atomic mass is 10.4. The van der Waals surface area contributed by atoms with Crippen LogP contribution in [0.5, 0.6) is 0 Å². The van der Waals surface area contributed by atoms with Crippen molar-refractivity contribution in [3.8, 4) is 0 Å². The van der Waals surface area contributed by atoms with Crippen molar-refractivity contribution in [2.45, 2.75) is 65.2 Å². The molecular weight excluding hydrogens is 385 g/mol. The lowest BCUT2D eigenvalue weighted by Crippen LogP contribution is -2.51. The molecule has 0 aliphatic carbocycles. The van der Waals surface area contributed by atoms with Gasteiger partial charge in [0, 0.05) is 5.57 Å². The fourth-order valence-electron chi connectivity index (χ4n) is 2.43. The largest absolute Gasteiger partial charge is 0.462 e. The molecule has 0 saturated heterocycles. The van der Waals surface area contributed by atoms with Crippen molar-refractivity contribution in [1.29, 1.82) is 0 Å². The molecule has 0 rings (SSSR count). The molecule has 0 radical (unpaired) electrons. The van der Waals surface area contributed by atoms with E-state index in [1.54, 1.807) is 6.92 Å². The fraction of sp³-hybridized carbons (Fsp3) is 0.688. The summed E-state index contributed by atoms with van der Waals surface area (Å²) in [5.41, 5.74) is 2.36. The first-order valence-corrected chi connectivity index (χ1v) is 19.7. The topological polar surface area (TPSA) is 54.0 Å². The first kappa shape index (κ1) is 24.7. The summed E-state index contributed by atoms with van der Waals surface area (Å²) in [6.07, 6.45) is 0.794. The van der Waals surface area contributed by atoms with Crippen LogP contribution in [0.3, 0.4) is 0 Å².